The van der Waals surface area contributed by atoms with Crippen LogP contribution in [0.25, 0.3) is 21.5 Å². The third-order valence-corrected chi connectivity index (χ3v) is 5.69. The highest BCUT2D eigenvalue weighted by Gasteiger charge is 2.21. The van der Waals surface area contributed by atoms with Gasteiger partial charge in [0.05, 0.1) is 38.3 Å². The quantitative estimate of drug-likeness (QED) is 0.543. The molecule has 0 aliphatic carbocycles. The van der Waals surface area contributed by atoms with E-state index in [0.717, 1.165) is 0 Å². The number of ketones is 1. The number of aromatic nitrogens is 2. The molecule has 0 unspecified atom stereocenters. The van der Waals surface area contributed by atoms with Crippen molar-refractivity contribution in [3.63, 3.8) is 0 Å². The van der Waals surface area contributed by atoms with Gasteiger partial charge in [-0.25, -0.2) is 9.97 Å². The first-order chi connectivity index (χ1) is 12.3. The van der Waals surface area contributed by atoms with Crippen molar-refractivity contribution in [3.8, 4) is 11.3 Å². The van der Waals surface area contributed by atoms with Gasteiger partial charge in [-0.05, 0) is 19.1 Å². The fraction of sp³-hybridized carbons (Fsp3) is 0.235. The summed E-state index contributed by atoms with van der Waals surface area (Å²) in [6.45, 7) is 3.19. The zero-order valence-electron chi connectivity index (χ0n) is 14.0. The summed E-state index contributed by atoms with van der Waals surface area (Å²) in [4.78, 5) is 21.9. The number of nitrogen functional groups attached to an aromatic ring is 1. The van der Waals surface area contributed by atoms with E-state index in [-0.39, 0.29) is 18.4 Å². The highest BCUT2D eigenvalue weighted by atomic mass is 35.5. The Balaban J connectivity index is 2.29. The van der Waals surface area contributed by atoms with E-state index in [4.69, 9.17) is 28.9 Å². The van der Waals surface area contributed by atoms with Gasteiger partial charge in [0.25, 0.3) is 0 Å². The lowest BCUT2D eigenvalue weighted by molar-refractivity contribution is 0.102. The van der Waals surface area contributed by atoms with Gasteiger partial charge in [-0.1, -0.05) is 29.3 Å². The van der Waals surface area contributed by atoms with Crippen LogP contribution in [0.4, 0.5) is 11.6 Å². The Bertz CT molecular complexity index is 1010. The molecule has 3 rings (SSSR count). The van der Waals surface area contributed by atoms with Crippen LogP contribution in [0.5, 0.6) is 0 Å². The van der Waals surface area contributed by atoms with E-state index in [1.54, 1.807) is 25.1 Å². The van der Waals surface area contributed by atoms with Crippen molar-refractivity contribution in [2.75, 3.05) is 17.7 Å². The molecule has 0 saturated heterocycles. The monoisotopic (exact) mass is 410 g/mol. The number of halogens is 2. The van der Waals surface area contributed by atoms with Gasteiger partial charge in [-0.15, -0.1) is 11.3 Å². The number of thiophene rings is 1. The van der Waals surface area contributed by atoms with Crippen molar-refractivity contribution in [1.29, 1.82) is 0 Å². The lowest BCUT2D eigenvalue weighted by atomic mass is 10.1. The summed E-state index contributed by atoms with van der Waals surface area (Å²) < 4.78 is 0. The summed E-state index contributed by atoms with van der Waals surface area (Å²) in [5.41, 5.74) is 7.81. The third-order valence-electron chi connectivity index (χ3n) is 3.75. The van der Waals surface area contributed by atoms with Crippen molar-refractivity contribution in [2.45, 2.75) is 19.9 Å². The number of aliphatic hydroxyl groups is 1. The van der Waals surface area contributed by atoms with E-state index in [1.165, 1.54) is 18.3 Å². The van der Waals surface area contributed by atoms with Gasteiger partial charge in [0.15, 0.2) is 5.78 Å². The number of nitrogens with two attached hydrogens (primary N) is 1. The van der Waals surface area contributed by atoms with Crippen molar-refractivity contribution in [2.24, 2.45) is 0 Å². The van der Waals surface area contributed by atoms with Gasteiger partial charge in [-0.3, -0.25) is 4.79 Å². The maximum Gasteiger partial charge on any atom is 0.224 e. The van der Waals surface area contributed by atoms with Crippen molar-refractivity contribution >= 4 is 62.2 Å². The molecule has 1 aromatic carbocycles. The summed E-state index contributed by atoms with van der Waals surface area (Å²) in [6.07, 6.45) is 0. The lowest BCUT2D eigenvalue weighted by Gasteiger charge is -2.13. The first kappa shape index (κ1) is 18.8. The van der Waals surface area contributed by atoms with Gasteiger partial charge in [0.1, 0.15) is 4.83 Å². The molecule has 0 amide bonds. The number of hydrogen-bond acceptors (Lipinski definition) is 7. The molecule has 4 N–H and O–H groups in total. The van der Waals surface area contributed by atoms with Gasteiger partial charge in [0, 0.05) is 18.5 Å². The topological polar surface area (TPSA) is 101 Å². The second-order valence-electron chi connectivity index (χ2n) is 5.83. The molecule has 9 heteroatoms. The minimum atomic E-state index is -0.237. The number of rotatable bonds is 5. The normalized spacial score (nSPS) is 12.3. The van der Waals surface area contributed by atoms with Crippen LogP contribution in [0.3, 0.4) is 0 Å². The Morgan fingerprint density at radius 1 is 1.35 bits per heavy atom. The Morgan fingerprint density at radius 3 is 2.69 bits per heavy atom. The van der Waals surface area contributed by atoms with Crippen molar-refractivity contribution in [1.82, 2.24) is 9.97 Å². The Morgan fingerprint density at radius 2 is 2.08 bits per heavy atom. The molecule has 6 nitrogen and oxygen atoms in total. The number of benzene rings is 1. The lowest BCUT2D eigenvalue weighted by Crippen LogP contribution is -2.21. The Labute approximate surface area is 164 Å². The van der Waals surface area contributed by atoms with Crippen LogP contribution < -0.4 is 11.1 Å². The number of carbonyl (C=O) groups is 1. The minimum absolute atomic E-state index is 0.0746. The Hall–Kier alpha value is -1.93. The summed E-state index contributed by atoms with van der Waals surface area (Å²) >= 11 is 13.4. The molecule has 2 heterocycles. The van der Waals surface area contributed by atoms with Gasteiger partial charge < -0.3 is 16.2 Å². The molecule has 1 atom stereocenters. The molecule has 0 fully saturated rings. The summed E-state index contributed by atoms with van der Waals surface area (Å²) in [7, 11) is 0. The van der Waals surface area contributed by atoms with E-state index in [9.17, 15) is 9.90 Å². The van der Waals surface area contributed by atoms with Gasteiger partial charge >= 0.3 is 0 Å². The molecule has 3 aromatic rings. The molecule has 0 radical (unpaired) electrons. The van der Waals surface area contributed by atoms with Crippen LogP contribution in [0, 0.1) is 0 Å². The molecular formula is C17H16Cl2N4O2S. The number of hydrogen-bond donors (Lipinski definition) is 3. The SMILES string of the molecule is CC(=O)c1sc2nc(N[C@H](C)CO)nc(-c3ccc(Cl)c(Cl)c3)c2c1N. The average molecular weight is 411 g/mol. The van der Waals surface area contributed by atoms with Crippen LogP contribution in [-0.4, -0.2) is 33.5 Å². The maximum absolute atomic E-state index is 11.9. The molecule has 26 heavy (non-hydrogen) atoms. The largest absolute Gasteiger partial charge is 0.397 e. The predicted molar refractivity (Wildman–Crippen MR) is 107 cm³/mol. The van der Waals surface area contributed by atoms with E-state index in [0.29, 0.717) is 48.0 Å². The van der Waals surface area contributed by atoms with Crippen molar-refractivity contribution < 1.29 is 9.90 Å². The number of carbonyl (C=O) groups excluding carboxylic acids is 1. The highest BCUT2D eigenvalue weighted by Crippen LogP contribution is 2.40. The highest BCUT2D eigenvalue weighted by molar-refractivity contribution is 7.21. The Kier molecular flexibility index (Phi) is 5.34. The standard InChI is InChI=1S/C17H16Cl2N4O2S/c1-7(6-24)21-17-22-14(9-3-4-10(18)11(19)5-9)12-13(20)15(8(2)25)26-16(12)23-17/h3-5,7,24H,6,20H2,1-2H3,(H,21,22,23)/t7-/m1/s1. The molecule has 0 aliphatic rings. The maximum atomic E-state index is 11.9. The van der Waals surface area contributed by atoms with Crippen molar-refractivity contribution in [3.05, 3.63) is 33.1 Å². The van der Waals surface area contributed by atoms with Crippen LogP contribution in [0.2, 0.25) is 10.0 Å². The van der Waals surface area contributed by atoms with Gasteiger partial charge in [0.2, 0.25) is 5.95 Å². The molecule has 0 bridgehead atoms. The van der Waals surface area contributed by atoms with Crippen LogP contribution in [-0.2, 0) is 0 Å². The predicted octanol–water partition coefficient (Wildman–Crippen LogP) is 4.24. The number of nitrogens with zero attached hydrogens (tertiary/aromatic N) is 2. The first-order valence-electron chi connectivity index (χ1n) is 7.75. The molecule has 0 spiro atoms. The van der Waals surface area contributed by atoms with E-state index in [1.807, 2.05) is 0 Å². The smallest absolute Gasteiger partial charge is 0.224 e. The summed E-state index contributed by atoms with van der Waals surface area (Å²) in [5.74, 6) is 0.195. The fourth-order valence-electron chi connectivity index (χ4n) is 2.47. The molecular weight excluding hydrogens is 395 g/mol. The minimum Gasteiger partial charge on any atom is -0.397 e. The molecule has 0 saturated carbocycles. The van der Waals surface area contributed by atoms with E-state index < -0.39 is 0 Å². The number of fused-ring (bicyclic) bond motifs is 1. The van der Waals surface area contributed by atoms with Crippen LogP contribution in [0.1, 0.15) is 23.5 Å². The molecule has 2 aromatic heterocycles. The zero-order chi connectivity index (χ0) is 19.0. The van der Waals surface area contributed by atoms with E-state index >= 15 is 0 Å². The van der Waals surface area contributed by atoms with E-state index in [2.05, 4.69) is 15.3 Å². The number of aliphatic hydroxyl groups excluding tert-OH is 1. The van der Waals surface area contributed by atoms with Crippen LogP contribution in [0.15, 0.2) is 18.2 Å². The molecule has 0 aliphatic heterocycles. The molecule has 136 valence electrons. The van der Waals surface area contributed by atoms with Gasteiger partial charge in [-0.2, -0.15) is 0 Å². The number of Topliss-reactive ketones (excluding diaryl/α,β-unsaturated/α-hetero) is 1. The average Bonchev–Trinajstić information content (AvgIpc) is 2.93. The summed E-state index contributed by atoms with van der Waals surface area (Å²) in [6, 6.07) is 4.90. The fourth-order valence-corrected chi connectivity index (χ4v) is 3.75. The van der Waals surface area contributed by atoms with Crippen LogP contribution >= 0.6 is 34.5 Å². The third kappa shape index (κ3) is 3.48. The zero-order valence-corrected chi connectivity index (χ0v) is 16.3. The second kappa shape index (κ2) is 7.36. The number of anilines is 2. The first-order valence-corrected chi connectivity index (χ1v) is 9.32. The number of nitrogens with one attached hydrogen (secondary N) is 1. The second-order valence-corrected chi connectivity index (χ2v) is 7.65. The summed E-state index contributed by atoms with van der Waals surface area (Å²) in [5, 5.41) is 13.7.